The van der Waals surface area contributed by atoms with Crippen LogP contribution in [-0.2, 0) is 17.7 Å². The van der Waals surface area contributed by atoms with Crippen molar-refractivity contribution in [2.75, 3.05) is 12.3 Å². The zero-order valence-corrected chi connectivity index (χ0v) is 12.0. The van der Waals surface area contributed by atoms with E-state index in [1.165, 1.54) is 0 Å². The summed E-state index contributed by atoms with van der Waals surface area (Å²) < 4.78 is 7.91. The first-order valence-corrected chi connectivity index (χ1v) is 7.02. The lowest BCUT2D eigenvalue weighted by Crippen LogP contribution is -2.18. The van der Waals surface area contributed by atoms with Crippen molar-refractivity contribution in [1.29, 1.82) is 0 Å². The molecular formula is C15H23N3O. The number of rotatable bonds is 6. The third-order valence-corrected chi connectivity index (χ3v) is 3.22. The van der Waals surface area contributed by atoms with Gasteiger partial charge in [0.25, 0.3) is 0 Å². The van der Waals surface area contributed by atoms with E-state index in [1.54, 1.807) is 0 Å². The van der Waals surface area contributed by atoms with Gasteiger partial charge in [0.1, 0.15) is 5.82 Å². The third-order valence-electron chi connectivity index (χ3n) is 3.22. The monoisotopic (exact) mass is 261 g/mol. The molecule has 0 fully saturated rings. The van der Waals surface area contributed by atoms with E-state index in [0.29, 0.717) is 0 Å². The Morgan fingerprint density at radius 2 is 2.16 bits per heavy atom. The highest BCUT2D eigenvalue weighted by Gasteiger charge is 2.13. The van der Waals surface area contributed by atoms with E-state index in [-0.39, 0.29) is 6.10 Å². The Hall–Kier alpha value is -1.55. The third kappa shape index (κ3) is 3.07. The van der Waals surface area contributed by atoms with Crippen molar-refractivity contribution >= 4 is 16.7 Å². The Morgan fingerprint density at radius 3 is 2.84 bits per heavy atom. The smallest absolute Gasteiger partial charge is 0.109 e. The van der Waals surface area contributed by atoms with Gasteiger partial charge < -0.3 is 15.0 Å². The molecule has 0 aliphatic rings. The summed E-state index contributed by atoms with van der Waals surface area (Å²) in [6.07, 6.45) is 2.26. The van der Waals surface area contributed by atoms with E-state index in [2.05, 4.69) is 24.5 Å². The molecule has 0 saturated heterocycles. The van der Waals surface area contributed by atoms with Gasteiger partial charge in [-0.15, -0.1) is 0 Å². The molecule has 1 aromatic carbocycles. The molecule has 1 aromatic heterocycles. The molecule has 2 N–H and O–H groups in total. The van der Waals surface area contributed by atoms with E-state index in [0.717, 1.165) is 48.5 Å². The topological polar surface area (TPSA) is 53.1 Å². The predicted molar refractivity (Wildman–Crippen MR) is 79.2 cm³/mol. The highest BCUT2D eigenvalue weighted by Crippen LogP contribution is 2.20. The van der Waals surface area contributed by atoms with Gasteiger partial charge in [0, 0.05) is 18.7 Å². The first-order chi connectivity index (χ1) is 9.15. The molecule has 0 saturated carbocycles. The molecule has 19 heavy (non-hydrogen) atoms. The molecule has 1 atom stereocenters. The van der Waals surface area contributed by atoms with Gasteiger partial charge in [-0.2, -0.15) is 0 Å². The largest absolute Gasteiger partial charge is 0.399 e. The molecule has 0 aliphatic carbocycles. The van der Waals surface area contributed by atoms with Crippen LogP contribution in [0, 0.1) is 0 Å². The Morgan fingerprint density at radius 1 is 1.37 bits per heavy atom. The van der Waals surface area contributed by atoms with Crippen LogP contribution in [0.25, 0.3) is 11.0 Å². The van der Waals surface area contributed by atoms with Gasteiger partial charge in [-0.3, -0.25) is 0 Å². The van der Waals surface area contributed by atoms with Gasteiger partial charge in [-0.05, 0) is 38.5 Å². The summed E-state index contributed by atoms with van der Waals surface area (Å²) in [6.45, 7) is 7.87. The fourth-order valence-corrected chi connectivity index (χ4v) is 2.41. The minimum Gasteiger partial charge on any atom is -0.399 e. The molecule has 0 radical (unpaired) electrons. The molecule has 4 nitrogen and oxygen atoms in total. The van der Waals surface area contributed by atoms with Crippen LogP contribution in [0.2, 0.25) is 0 Å². The summed E-state index contributed by atoms with van der Waals surface area (Å²) in [7, 11) is 0. The lowest BCUT2D eigenvalue weighted by atomic mass is 10.2. The second-order valence-electron chi connectivity index (χ2n) is 4.90. The number of benzene rings is 1. The molecule has 1 heterocycles. The SMILES string of the molecule is CCCc1nc2cc(N)ccc2n1CC(C)OCC. The van der Waals surface area contributed by atoms with E-state index in [1.807, 2.05) is 19.1 Å². The number of ether oxygens (including phenoxy) is 1. The molecule has 0 spiro atoms. The van der Waals surface area contributed by atoms with E-state index in [4.69, 9.17) is 15.5 Å². The number of aryl methyl sites for hydroxylation is 1. The van der Waals surface area contributed by atoms with Crippen molar-refractivity contribution in [3.8, 4) is 0 Å². The number of hydrogen-bond acceptors (Lipinski definition) is 3. The molecule has 0 bridgehead atoms. The maximum absolute atomic E-state index is 5.83. The minimum atomic E-state index is 0.190. The first-order valence-electron chi connectivity index (χ1n) is 7.02. The van der Waals surface area contributed by atoms with Crippen LogP contribution >= 0.6 is 0 Å². The maximum atomic E-state index is 5.83. The number of fused-ring (bicyclic) bond motifs is 1. The Kier molecular flexibility index (Phi) is 4.43. The fourth-order valence-electron chi connectivity index (χ4n) is 2.41. The van der Waals surface area contributed by atoms with E-state index in [9.17, 15) is 0 Å². The summed E-state index contributed by atoms with van der Waals surface area (Å²) >= 11 is 0. The van der Waals surface area contributed by atoms with Crippen LogP contribution in [0.4, 0.5) is 5.69 Å². The Balaban J connectivity index is 2.39. The lowest BCUT2D eigenvalue weighted by Gasteiger charge is -2.15. The van der Waals surface area contributed by atoms with Crippen molar-refractivity contribution in [3.63, 3.8) is 0 Å². The summed E-state index contributed by atoms with van der Waals surface area (Å²) in [4.78, 5) is 4.70. The van der Waals surface area contributed by atoms with Gasteiger partial charge in [-0.25, -0.2) is 4.98 Å². The van der Waals surface area contributed by atoms with Gasteiger partial charge >= 0.3 is 0 Å². The normalized spacial score (nSPS) is 13.0. The van der Waals surface area contributed by atoms with Crippen LogP contribution < -0.4 is 5.73 Å². The van der Waals surface area contributed by atoms with Gasteiger partial charge in [-0.1, -0.05) is 6.92 Å². The van der Waals surface area contributed by atoms with Gasteiger partial charge in [0.05, 0.1) is 23.7 Å². The van der Waals surface area contributed by atoms with Crippen molar-refractivity contribution in [2.45, 2.75) is 46.3 Å². The first kappa shape index (κ1) is 13.9. The number of hydrogen-bond donors (Lipinski definition) is 1. The molecular weight excluding hydrogens is 238 g/mol. The molecule has 1 unspecified atom stereocenters. The number of nitrogens with two attached hydrogens (primary N) is 1. The van der Waals surface area contributed by atoms with Gasteiger partial charge in [0.15, 0.2) is 0 Å². The number of imidazole rings is 1. The molecule has 4 heteroatoms. The maximum Gasteiger partial charge on any atom is 0.109 e. The van der Waals surface area contributed by atoms with E-state index >= 15 is 0 Å². The zero-order valence-electron chi connectivity index (χ0n) is 12.0. The highest BCUT2D eigenvalue weighted by molar-refractivity contribution is 5.79. The van der Waals surface area contributed by atoms with Crippen LogP contribution in [0.15, 0.2) is 18.2 Å². The summed E-state index contributed by atoms with van der Waals surface area (Å²) in [5, 5.41) is 0. The van der Waals surface area contributed by atoms with Crippen molar-refractivity contribution < 1.29 is 4.74 Å². The van der Waals surface area contributed by atoms with Crippen molar-refractivity contribution in [2.24, 2.45) is 0 Å². The number of nitrogens with zero attached hydrogens (tertiary/aromatic N) is 2. The molecule has 2 aromatic rings. The quantitative estimate of drug-likeness (QED) is 0.813. The highest BCUT2D eigenvalue weighted by atomic mass is 16.5. The lowest BCUT2D eigenvalue weighted by molar-refractivity contribution is 0.0642. The number of aromatic nitrogens is 2. The average Bonchev–Trinajstić information content (AvgIpc) is 2.67. The fraction of sp³-hybridized carbons (Fsp3) is 0.533. The molecule has 0 amide bonds. The zero-order chi connectivity index (χ0) is 13.8. The molecule has 104 valence electrons. The molecule has 2 rings (SSSR count). The average molecular weight is 261 g/mol. The molecule has 0 aliphatic heterocycles. The van der Waals surface area contributed by atoms with Crippen LogP contribution in [-0.4, -0.2) is 22.3 Å². The number of nitrogen functional groups attached to an aromatic ring is 1. The van der Waals surface area contributed by atoms with Crippen molar-refractivity contribution in [1.82, 2.24) is 9.55 Å². The van der Waals surface area contributed by atoms with E-state index < -0.39 is 0 Å². The Bertz CT molecular complexity index is 548. The van der Waals surface area contributed by atoms with Crippen LogP contribution in [0.3, 0.4) is 0 Å². The standard InChI is InChI=1S/C15H23N3O/c1-4-6-15-17-13-9-12(16)7-8-14(13)18(15)10-11(3)19-5-2/h7-9,11H,4-6,10,16H2,1-3H3. The summed E-state index contributed by atoms with van der Waals surface area (Å²) in [6, 6.07) is 5.92. The second-order valence-corrected chi connectivity index (χ2v) is 4.90. The summed E-state index contributed by atoms with van der Waals surface area (Å²) in [5.41, 5.74) is 8.72. The van der Waals surface area contributed by atoms with Crippen LogP contribution in [0.1, 0.15) is 33.0 Å². The number of anilines is 1. The van der Waals surface area contributed by atoms with Gasteiger partial charge in [0.2, 0.25) is 0 Å². The predicted octanol–water partition coefficient (Wildman–Crippen LogP) is 3.00. The second kappa shape index (κ2) is 6.06. The van der Waals surface area contributed by atoms with Crippen LogP contribution in [0.5, 0.6) is 0 Å². The minimum absolute atomic E-state index is 0.190. The Labute approximate surface area is 114 Å². The summed E-state index contributed by atoms with van der Waals surface area (Å²) in [5.74, 6) is 1.12. The van der Waals surface area contributed by atoms with Crippen molar-refractivity contribution in [3.05, 3.63) is 24.0 Å².